The summed E-state index contributed by atoms with van der Waals surface area (Å²) in [5.41, 5.74) is 1.64. The number of nitrogens with one attached hydrogen (secondary N) is 1. The predicted molar refractivity (Wildman–Crippen MR) is 100.0 cm³/mol. The number of carbonyl (C=O) groups excluding carboxylic acids is 2. The van der Waals surface area contributed by atoms with Gasteiger partial charge >= 0.3 is 0 Å². The fraction of sp³-hybridized carbons (Fsp3) is 0.316. The summed E-state index contributed by atoms with van der Waals surface area (Å²) in [6.45, 7) is 4.41. The summed E-state index contributed by atoms with van der Waals surface area (Å²) in [4.78, 5) is 27.7. The highest BCUT2D eigenvalue weighted by Crippen LogP contribution is 2.36. The minimum Gasteiger partial charge on any atom is -0.459 e. The number of nitrogens with zero attached hydrogens (tertiary/aromatic N) is 2. The quantitative estimate of drug-likeness (QED) is 0.728. The average Bonchev–Trinajstić information content (AvgIpc) is 3.41. The van der Waals surface area contributed by atoms with Gasteiger partial charge in [0.15, 0.2) is 11.5 Å². The summed E-state index contributed by atoms with van der Waals surface area (Å²) in [7, 11) is 0. The Balaban J connectivity index is 1.53. The Labute approximate surface area is 159 Å². The van der Waals surface area contributed by atoms with Crippen molar-refractivity contribution in [2.24, 2.45) is 0 Å². The van der Waals surface area contributed by atoms with Crippen LogP contribution in [0.15, 0.2) is 39.5 Å². The first kappa shape index (κ1) is 17.5. The maximum atomic E-state index is 13.1. The number of thiophene rings is 1. The van der Waals surface area contributed by atoms with Crippen LogP contribution < -0.4 is 5.32 Å². The van der Waals surface area contributed by atoms with Gasteiger partial charge in [-0.3, -0.25) is 9.59 Å². The number of anilines is 1. The largest absolute Gasteiger partial charge is 0.459 e. The van der Waals surface area contributed by atoms with Crippen molar-refractivity contribution >= 4 is 28.2 Å². The molecular weight excluding hydrogens is 366 g/mol. The van der Waals surface area contributed by atoms with Crippen LogP contribution in [0.5, 0.6) is 0 Å². The van der Waals surface area contributed by atoms with E-state index < -0.39 is 0 Å². The molecule has 4 rings (SSSR count). The highest BCUT2D eigenvalue weighted by molar-refractivity contribution is 7.18. The second-order valence-electron chi connectivity index (χ2n) is 6.58. The van der Waals surface area contributed by atoms with Gasteiger partial charge in [0.1, 0.15) is 0 Å². The number of aromatic nitrogens is 1. The van der Waals surface area contributed by atoms with E-state index >= 15 is 0 Å². The SMILES string of the molecule is Cc1cc(C2CCCN2C(=O)c2sc(NC(=O)c3ccco3)cc2C)on1. The van der Waals surface area contributed by atoms with Crippen molar-refractivity contribution in [3.63, 3.8) is 0 Å². The van der Waals surface area contributed by atoms with Gasteiger partial charge in [-0.15, -0.1) is 11.3 Å². The molecule has 3 aromatic heterocycles. The molecule has 7 nitrogen and oxygen atoms in total. The number of rotatable bonds is 4. The molecule has 1 saturated heterocycles. The molecule has 0 spiro atoms. The van der Waals surface area contributed by atoms with E-state index in [2.05, 4.69) is 10.5 Å². The zero-order valence-corrected chi connectivity index (χ0v) is 15.8. The molecule has 0 bridgehead atoms. The van der Waals surface area contributed by atoms with Gasteiger partial charge in [-0.05, 0) is 50.5 Å². The normalized spacial score (nSPS) is 16.7. The predicted octanol–water partition coefficient (Wildman–Crippen LogP) is 4.18. The molecule has 1 unspecified atom stereocenters. The third-order valence-corrected chi connectivity index (χ3v) is 5.72. The molecule has 27 heavy (non-hydrogen) atoms. The summed E-state index contributed by atoms with van der Waals surface area (Å²) >= 11 is 1.27. The standard InChI is InChI=1S/C19H19N3O4S/c1-11-9-16(20-18(23)14-6-4-8-25-14)27-17(11)19(24)22-7-3-5-13(22)15-10-12(2)21-26-15/h4,6,8-10,13H,3,5,7H2,1-2H3,(H,20,23). The Morgan fingerprint density at radius 2 is 2.19 bits per heavy atom. The molecule has 1 N–H and O–H groups in total. The van der Waals surface area contributed by atoms with Crippen LogP contribution in [0.3, 0.4) is 0 Å². The van der Waals surface area contributed by atoms with Crippen LogP contribution in [-0.2, 0) is 0 Å². The highest BCUT2D eigenvalue weighted by atomic mass is 32.1. The van der Waals surface area contributed by atoms with E-state index in [1.54, 1.807) is 12.1 Å². The fourth-order valence-electron chi connectivity index (χ4n) is 3.31. The Hall–Kier alpha value is -2.87. The van der Waals surface area contributed by atoms with Crippen LogP contribution in [0.2, 0.25) is 0 Å². The lowest BCUT2D eigenvalue weighted by Gasteiger charge is -2.22. The highest BCUT2D eigenvalue weighted by Gasteiger charge is 2.34. The zero-order chi connectivity index (χ0) is 19.0. The van der Waals surface area contributed by atoms with Crippen molar-refractivity contribution in [2.75, 3.05) is 11.9 Å². The molecule has 0 aliphatic carbocycles. The van der Waals surface area contributed by atoms with Gasteiger partial charge in [0.2, 0.25) is 0 Å². The maximum Gasteiger partial charge on any atom is 0.291 e. The average molecular weight is 385 g/mol. The van der Waals surface area contributed by atoms with E-state index in [0.29, 0.717) is 16.4 Å². The first-order valence-corrected chi connectivity index (χ1v) is 9.54. The second kappa shape index (κ2) is 7.03. The summed E-state index contributed by atoms with van der Waals surface area (Å²) < 4.78 is 10.5. The third kappa shape index (κ3) is 3.40. The lowest BCUT2D eigenvalue weighted by atomic mass is 10.1. The van der Waals surface area contributed by atoms with Gasteiger partial charge in [0, 0.05) is 12.6 Å². The summed E-state index contributed by atoms with van der Waals surface area (Å²) in [5.74, 6) is 0.567. The minimum absolute atomic E-state index is 0.0486. The van der Waals surface area contributed by atoms with Crippen molar-refractivity contribution in [3.8, 4) is 0 Å². The van der Waals surface area contributed by atoms with Crippen molar-refractivity contribution in [3.05, 3.63) is 58.2 Å². The first-order valence-electron chi connectivity index (χ1n) is 8.72. The van der Waals surface area contributed by atoms with E-state index in [-0.39, 0.29) is 23.6 Å². The molecule has 8 heteroatoms. The topological polar surface area (TPSA) is 88.6 Å². The van der Waals surface area contributed by atoms with Gasteiger partial charge in [-0.25, -0.2) is 0 Å². The monoisotopic (exact) mass is 385 g/mol. The Morgan fingerprint density at radius 3 is 2.89 bits per heavy atom. The van der Waals surface area contributed by atoms with Gasteiger partial charge in [-0.2, -0.15) is 0 Å². The molecule has 4 heterocycles. The number of amides is 2. The number of furan rings is 1. The molecule has 0 radical (unpaired) electrons. The molecular formula is C19H19N3O4S. The molecule has 140 valence electrons. The van der Waals surface area contributed by atoms with Crippen LogP contribution in [0, 0.1) is 13.8 Å². The minimum atomic E-state index is -0.337. The van der Waals surface area contributed by atoms with E-state index in [1.807, 2.05) is 30.9 Å². The van der Waals surface area contributed by atoms with E-state index in [9.17, 15) is 9.59 Å². The molecule has 1 aliphatic rings. The van der Waals surface area contributed by atoms with Crippen LogP contribution in [-0.4, -0.2) is 28.4 Å². The van der Waals surface area contributed by atoms with Crippen molar-refractivity contribution in [1.29, 1.82) is 0 Å². The summed E-state index contributed by atoms with van der Waals surface area (Å²) in [5, 5.41) is 7.34. The summed E-state index contributed by atoms with van der Waals surface area (Å²) in [6.07, 6.45) is 3.22. The number of carbonyl (C=O) groups is 2. The smallest absolute Gasteiger partial charge is 0.291 e. The van der Waals surface area contributed by atoms with Gasteiger partial charge in [0.25, 0.3) is 11.8 Å². The van der Waals surface area contributed by atoms with Gasteiger partial charge < -0.3 is 19.2 Å². The van der Waals surface area contributed by atoms with Crippen LogP contribution in [0.4, 0.5) is 5.00 Å². The molecule has 1 fully saturated rings. The number of likely N-dealkylation sites (tertiary alicyclic amines) is 1. The third-order valence-electron chi connectivity index (χ3n) is 4.58. The number of aryl methyl sites for hydroxylation is 2. The van der Waals surface area contributed by atoms with E-state index in [0.717, 1.165) is 29.9 Å². The van der Waals surface area contributed by atoms with E-state index in [1.165, 1.54) is 17.6 Å². The molecule has 3 aromatic rings. The fourth-order valence-corrected chi connectivity index (χ4v) is 4.34. The number of hydrogen-bond donors (Lipinski definition) is 1. The lowest BCUT2D eigenvalue weighted by molar-refractivity contribution is 0.0718. The van der Waals surface area contributed by atoms with E-state index in [4.69, 9.17) is 8.94 Å². The van der Waals surface area contributed by atoms with Crippen LogP contribution in [0.1, 0.15) is 56.1 Å². The molecule has 2 amide bonds. The molecule has 0 saturated carbocycles. The van der Waals surface area contributed by atoms with Crippen molar-refractivity contribution in [1.82, 2.24) is 10.1 Å². The Morgan fingerprint density at radius 1 is 1.33 bits per heavy atom. The van der Waals surface area contributed by atoms with Crippen molar-refractivity contribution in [2.45, 2.75) is 32.7 Å². The Kier molecular flexibility index (Phi) is 4.57. The molecule has 0 aromatic carbocycles. The molecule has 1 aliphatic heterocycles. The first-order chi connectivity index (χ1) is 13.0. The maximum absolute atomic E-state index is 13.1. The molecule has 1 atom stereocenters. The lowest BCUT2D eigenvalue weighted by Crippen LogP contribution is -2.30. The van der Waals surface area contributed by atoms with Gasteiger partial charge in [-0.1, -0.05) is 5.16 Å². The second-order valence-corrected chi connectivity index (χ2v) is 7.63. The summed E-state index contributed by atoms with van der Waals surface area (Å²) in [6, 6.07) is 6.84. The van der Waals surface area contributed by atoms with Gasteiger partial charge in [0.05, 0.1) is 27.9 Å². The van der Waals surface area contributed by atoms with Crippen LogP contribution >= 0.6 is 11.3 Å². The van der Waals surface area contributed by atoms with Crippen molar-refractivity contribution < 1.29 is 18.5 Å². The number of hydrogen-bond acceptors (Lipinski definition) is 6. The van der Waals surface area contributed by atoms with Crippen LogP contribution in [0.25, 0.3) is 0 Å². The Bertz CT molecular complexity index is 973. The zero-order valence-electron chi connectivity index (χ0n) is 15.0.